The van der Waals surface area contributed by atoms with Gasteiger partial charge in [0.05, 0.1) is 11.3 Å². The van der Waals surface area contributed by atoms with Gasteiger partial charge in [0, 0.05) is 5.69 Å². The second kappa shape index (κ2) is 8.57. The normalized spacial score (nSPS) is 12.1. The molecule has 3 rings (SSSR count). The van der Waals surface area contributed by atoms with Gasteiger partial charge in [0.2, 0.25) is 0 Å². The molecular formula is C25H25NO2. The first-order chi connectivity index (χ1) is 13.4. The molecule has 0 aromatic heterocycles. The van der Waals surface area contributed by atoms with Crippen molar-refractivity contribution in [3.8, 4) is 0 Å². The molecule has 0 aliphatic carbocycles. The van der Waals surface area contributed by atoms with Crippen LogP contribution in [0.15, 0.2) is 91.0 Å². The zero-order chi connectivity index (χ0) is 20.0. The van der Waals surface area contributed by atoms with Crippen molar-refractivity contribution < 1.29 is 9.53 Å². The summed E-state index contributed by atoms with van der Waals surface area (Å²) in [5, 5.41) is 3.44. The summed E-state index contributed by atoms with van der Waals surface area (Å²) in [5.74, 6) is -0.360. The Balaban J connectivity index is 2.21. The zero-order valence-corrected chi connectivity index (χ0v) is 16.5. The first-order valence-corrected chi connectivity index (χ1v) is 9.34. The van der Waals surface area contributed by atoms with Crippen molar-refractivity contribution in [3.05, 3.63) is 102 Å². The molecular weight excluding hydrogens is 346 g/mol. The fraction of sp³-hybridized carbons (Fsp3) is 0.160. The monoisotopic (exact) mass is 371 g/mol. The van der Waals surface area contributed by atoms with E-state index < -0.39 is 5.60 Å². The minimum absolute atomic E-state index is 0.360. The number of benzene rings is 3. The van der Waals surface area contributed by atoms with Crippen molar-refractivity contribution >= 4 is 22.9 Å². The van der Waals surface area contributed by atoms with Gasteiger partial charge in [-0.1, -0.05) is 78.9 Å². The fourth-order valence-corrected chi connectivity index (χ4v) is 2.85. The molecule has 0 spiro atoms. The molecule has 28 heavy (non-hydrogen) atoms. The number of hydrogen-bond acceptors (Lipinski definition) is 3. The van der Waals surface area contributed by atoms with E-state index in [9.17, 15) is 4.79 Å². The molecule has 0 amide bonds. The number of esters is 1. The standard InChI is InChI=1S/C25H25NO2/c1-25(2,3)28-24(27)22(19-13-7-4-8-14-19)23(20-15-9-5-10-16-20)26-21-17-11-6-12-18-21/h4-18,26H,1-3H3/b23-22-. The van der Waals surface area contributed by atoms with E-state index in [1.54, 1.807) is 0 Å². The molecule has 0 bridgehead atoms. The van der Waals surface area contributed by atoms with E-state index in [0.717, 1.165) is 16.8 Å². The van der Waals surface area contributed by atoms with Crippen LogP contribution in [0.5, 0.6) is 0 Å². The number of anilines is 1. The Morgan fingerprint density at radius 1 is 0.714 bits per heavy atom. The molecule has 3 nitrogen and oxygen atoms in total. The molecule has 0 saturated heterocycles. The second-order valence-corrected chi connectivity index (χ2v) is 7.47. The van der Waals surface area contributed by atoms with Gasteiger partial charge in [-0.3, -0.25) is 0 Å². The molecule has 0 saturated carbocycles. The number of para-hydroxylation sites is 1. The molecule has 0 radical (unpaired) electrons. The average Bonchev–Trinajstić information content (AvgIpc) is 2.68. The van der Waals surface area contributed by atoms with Crippen LogP contribution in [0.2, 0.25) is 0 Å². The lowest BCUT2D eigenvalue weighted by Crippen LogP contribution is -2.25. The lowest BCUT2D eigenvalue weighted by atomic mass is 9.98. The molecule has 0 aliphatic heterocycles. The Bertz CT molecular complexity index is 940. The average molecular weight is 371 g/mol. The van der Waals surface area contributed by atoms with Gasteiger partial charge in [-0.05, 0) is 44.0 Å². The highest BCUT2D eigenvalue weighted by Gasteiger charge is 2.25. The van der Waals surface area contributed by atoms with Crippen LogP contribution >= 0.6 is 0 Å². The minimum atomic E-state index is -0.592. The molecule has 0 atom stereocenters. The van der Waals surface area contributed by atoms with Crippen LogP contribution in [0.4, 0.5) is 5.69 Å². The van der Waals surface area contributed by atoms with E-state index in [0.29, 0.717) is 11.3 Å². The van der Waals surface area contributed by atoms with E-state index in [2.05, 4.69) is 5.32 Å². The molecule has 142 valence electrons. The summed E-state index contributed by atoms with van der Waals surface area (Å²) in [6.45, 7) is 5.63. The lowest BCUT2D eigenvalue weighted by Gasteiger charge is -2.23. The van der Waals surface area contributed by atoms with Gasteiger partial charge in [-0.25, -0.2) is 4.79 Å². The maximum atomic E-state index is 13.2. The largest absolute Gasteiger partial charge is 0.456 e. The van der Waals surface area contributed by atoms with E-state index in [4.69, 9.17) is 4.74 Å². The summed E-state index contributed by atoms with van der Waals surface area (Å²) in [5.41, 5.74) is 3.25. The van der Waals surface area contributed by atoms with E-state index in [1.165, 1.54) is 0 Å². The SMILES string of the molecule is CC(C)(C)OC(=O)/C(=C(\Nc1ccccc1)c1ccccc1)c1ccccc1. The van der Waals surface area contributed by atoms with Crippen molar-refractivity contribution in [3.63, 3.8) is 0 Å². The van der Waals surface area contributed by atoms with Crippen molar-refractivity contribution in [1.82, 2.24) is 0 Å². The molecule has 1 N–H and O–H groups in total. The lowest BCUT2D eigenvalue weighted by molar-refractivity contribution is -0.147. The summed E-state index contributed by atoms with van der Waals surface area (Å²) in [6, 6.07) is 29.3. The van der Waals surface area contributed by atoms with Crippen LogP contribution in [-0.4, -0.2) is 11.6 Å². The quantitative estimate of drug-likeness (QED) is 0.339. The Hall–Kier alpha value is -3.33. The van der Waals surface area contributed by atoms with Crippen LogP contribution in [0.3, 0.4) is 0 Å². The third kappa shape index (κ3) is 5.10. The highest BCUT2D eigenvalue weighted by atomic mass is 16.6. The predicted octanol–water partition coefficient (Wildman–Crippen LogP) is 6.01. The highest BCUT2D eigenvalue weighted by Crippen LogP contribution is 2.30. The zero-order valence-electron chi connectivity index (χ0n) is 16.5. The van der Waals surface area contributed by atoms with Crippen molar-refractivity contribution in [1.29, 1.82) is 0 Å². The van der Waals surface area contributed by atoms with Gasteiger partial charge in [-0.15, -0.1) is 0 Å². The first-order valence-electron chi connectivity index (χ1n) is 9.34. The third-order valence-corrected chi connectivity index (χ3v) is 4.02. The Kier molecular flexibility index (Phi) is 5.95. The van der Waals surface area contributed by atoms with Crippen molar-refractivity contribution in [2.45, 2.75) is 26.4 Å². The summed E-state index contributed by atoms with van der Waals surface area (Å²) < 4.78 is 5.76. The molecule has 3 heteroatoms. The van der Waals surface area contributed by atoms with Crippen LogP contribution in [0, 0.1) is 0 Å². The molecule has 0 fully saturated rings. The third-order valence-electron chi connectivity index (χ3n) is 4.02. The maximum absolute atomic E-state index is 13.2. The molecule has 3 aromatic rings. The number of carbonyl (C=O) groups excluding carboxylic acids is 1. The molecule has 0 unspecified atom stereocenters. The maximum Gasteiger partial charge on any atom is 0.341 e. The molecule has 0 heterocycles. The van der Waals surface area contributed by atoms with Crippen LogP contribution in [0.25, 0.3) is 11.3 Å². The number of ether oxygens (including phenoxy) is 1. The molecule has 0 aliphatic rings. The Morgan fingerprint density at radius 2 is 1.18 bits per heavy atom. The van der Waals surface area contributed by atoms with Gasteiger partial charge >= 0.3 is 5.97 Å². The second-order valence-electron chi connectivity index (χ2n) is 7.47. The minimum Gasteiger partial charge on any atom is -0.456 e. The van der Waals surface area contributed by atoms with Gasteiger partial charge < -0.3 is 10.1 Å². The van der Waals surface area contributed by atoms with Crippen molar-refractivity contribution in [2.75, 3.05) is 5.32 Å². The molecule has 3 aromatic carbocycles. The highest BCUT2D eigenvalue weighted by molar-refractivity contribution is 6.25. The van der Waals surface area contributed by atoms with Gasteiger partial charge in [0.1, 0.15) is 5.60 Å². The number of nitrogens with one attached hydrogen (secondary N) is 1. The fourth-order valence-electron chi connectivity index (χ4n) is 2.85. The predicted molar refractivity (Wildman–Crippen MR) is 116 cm³/mol. The van der Waals surface area contributed by atoms with E-state index in [1.807, 2.05) is 112 Å². The smallest absolute Gasteiger partial charge is 0.341 e. The van der Waals surface area contributed by atoms with Gasteiger partial charge in [0.25, 0.3) is 0 Å². The summed E-state index contributed by atoms with van der Waals surface area (Å²) in [7, 11) is 0. The van der Waals surface area contributed by atoms with Crippen LogP contribution in [0.1, 0.15) is 31.9 Å². The Morgan fingerprint density at radius 3 is 1.68 bits per heavy atom. The summed E-state index contributed by atoms with van der Waals surface area (Å²) >= 11 is 0. The first kappa shape index (κ1) is 19.4. The van der Waals surface area contributed by atoms with Crippen LogP contribution < -0.4 is 5.32 Å². The number of carbonyl (C=O) groups is 1. The topological polar surface area (TPSA) is 38.3 Å². The number of rotatable bonds is 5. The van der Waals surface area contributed by atoms with E-state index >= 15 is 0 Å². The van der Waals surface area contributed by atoms with E-state index in [-0.39, 0.29) is 5.97 Å². The van der Waals surface area contributed by atoms with Gasteiger partial charge in [-0.2, -0.15) is 0 Å². The summed E-state index contributed by atoms with van der Waals surface area (Å²) in [6.07, 6.45) is 0. The van der Waals surface area contributed by atoms with Crippen LogP contribution in [-0.2, 0) is 9.53 Å². The summed E-state index contributed by atoms with van der Waals surface area (Å²) in [4.78, 5) is 13.2. The Labute approximate surface area is 166 Å². The van der Waals surface area contributed by atoms with Gasteiger partial charge in [0.15, 0.2) is 0 Å². The van der Waals surface area contributed by atoms with Crippen molar-refractivity contribution in [2.24, 2.45) is 0 Å². The number of hydrogen-bond donors (Lipinski definition) is 1.